The van der Waals surface area contributed by atoms with Crippen LogP contribution in [0, 0.1) is 0 Å². The first kappa shape index (κ1) is 15.6. The number of aryl methyl sites for hydroxylation is 1. The quantitative estimate of drug-likeness (QED) is 0.930. The Balaban J connectivity index is 1.31. The minimum Gasteiger partial charge on any atom is -0.379 e. The van der Waals surface area contributed by atoms with Gasteiger partial charge in [-0.2, -0.15) is 0 Å². The zero-order valence-corrected chi connectivity index (χ0v) is 14.0. The van der Waals surface area contributed by atoms with E-state index in [4.69, 9.17) is 4.74 Å². The third-order valence-corrected chi connectivity index (χ3v) is 5.89. The second-order valence-electron chi connectivity index (χ2n) is 7.31. The number of aromatic nitrogens is 1. The summed E-state index contributed by atoms with van der Waals surface area (Å²) in [6.07, 6.45) is 11.0. The highest BCUT2D eigenvalue weighted by molar-refractivity contribution is 5.25. The Bertz CT molecular complexity index is 507. The molecule has 4 rings (SSSR count). The van der Waals surface area contributed by atoms with Gasteiger partial charge in [0.15, 0.2) is 0 Å². The van der Waals surface area contributed by atoms with E-state index >= 15 is 0 Å². The summed E-state index contributed by atoms with van der Waals surface area (Å²) in [6.45, 7) is 4.09. The predicted octanol–water partition coefficient (Wildman–Crippen LogP) is 2.69. The fraction of sp³-hybridized carbons (Fsp3) is 0.737. The monoisotopic (exact) mass is 315 g/mol. The van der Waals surface area contributed by atoms with Crippen LogP contribution in [0.5, 0.6) is 0 Å². The van der Waals surface area contributed by atoms with E-state index in [2.05, 4.69) is 27.3 Å². The molecule has 1 aromatic rings. The minimum atomic E-state index is 0.477. The van der Waals surface area contributed by atoms with Gasteiger partial charge in [-0.1, -0.05) is 6.07 Å². The molecule has 1 aliphatic heterocycles. The molecule has 2 fully saturated rings. The molecule has 4 nitrogen and oxygen atoms in total. The largest absolute Gasteiger partial charge is 0.379 e. The van der Waals surface area contributed by atoms with Gasteiger partial charge in [-0.25, -0.2) is 0 Å². The normalized spacial score (nSPS) is 32.4. The van der Waals surface area contributed by atoms with Crippen LogP contribution in [0.4, 0.5) is 0 Å². The Morgan fingerprint density at radius 2 is 1.91 bits per heavy atom. The summed E-state index contributed by atoms with van der Waals surface area (Å²) in [4.78, 5) is 7.32. The molecule has 0 aromatic carbocycles. The van der Waals surface area contributed by atoms with Gasteiger partial charge in [0.2, 0.25) is 0 Å². The lowest BCUT2D eigenvalue weighted by Crippen LogP contribution is -2.47. The summed E-state index contributed by atoms with van der Waals surface area (Å²) in [6, 6.07) is 6.27. The van der Waals surface area contributed by atoms with Crippen molar-refractivity contribution in [1.82, 2.24) is 15.2 Å². The number of rotatable bonds is 3. The van der Waals surface area contributed by atoms with Crippen LogP contribution in [-0.4, -0.2) is 48.3 Å². The van der Waals surface area contributed by atoms with Crippen molar-refractivity contribution in [3.63, 3.8) is 0 Å². The molecule has 1 aromatic heterocycles. The predicted molar refractivity (Wildman–Crippen MR) is 91.5 cm³/mol. The summed E-state index contributed by atoms with van der Waals surface area (Å²) in [7, 11) is 0. The molecule has 23 heavy (non-hydrogen) atoms. The standard InChI is InChI=1S/C19H29N3O/c1-3-15-4-2-10-20-19(15)18(5-1)21-16-6-8-17(9-7-16)22-11-13-23-14-12-22/h2,4,10,16-18,21H,1,3,5-9,11-14H2/t16-,17-,18?. The molecule has 1 saturated heterocycles. The number of ether oxygens (including phenoxy) is 1. The third-order valence-electron chi connectivity index (χ3n) is 5.89. The van der Waals surface area contributed by atoms with E-state index in [9.17, 15) is 0 Å². The number of nitrogens with one attached hydrogen (secondary N) is 1. The van der Waals surface area contributed by atoms with Gasteiger partial charge in [0.25, 0.3) is 0 Å². The highest BCUT2D eigenvalue weighted by atomic mass is 16.5. The maximum Gasteiger partial charge on any atom is 0.0605 e. The molecule has 0 bridgehead atoms. The molecule has 1 N–H and O–H groups in total. The highest BCUT2D eigenvalue weighted by Crippen LogP contribution is 2.31. The van der Waals surface area contributed by atoms with Gasteiger partial charge >= 0.3 is 0 Å². The Morgan fingerprint density at radius 3 is 2.74 bits per heavy atom. The number of pyridine rings is 1. The Morgan fingerprint density at radius 1 is 1.09 bits per heavy atom. The first-order valence-electron chi connectivity index (χ1n) is 9.42. The number of hydrogen-bond donors (Lipinski definition) is 1. The van der Waals surface area contributed by atoms with Crippen molar-refractivity contribution >= 4 is 0 Å². The van der Waals surface area contributed by atoms with Gasteiger partial charge in [-0.05, 0) is 56.6 Å². The van der Waals surface area contributed by atoms with Gasteiger partial charge < -0.3 is 10.1 Å². The fourth-order valence-corrected chi connectivity index (χ4v) is 4.61. The SMILES string of the molecule is c1cnc2c(c1)CCCC2N[C@H]1CC[C@H](N2CCOCC2)CC1. The van der Waals surface area contributed by atoms with Gasteiger partial charge in [-0.15, -0.1) is 0 Å². The van der Waals surface area contributed by atoms with Crippen LogP contribution in [0.2, 0.25) is 0 Å². The summed E-state index contributed by atoms with van der Waals surface area (Å²) < 4.78 is 5.48. The van der Waals surface area contributed by atoms with Crippen LogP contribution in [0.3, 0.4) is 0 Å². The fourth-order valence-electron chi connectivity index (χ4n) is 4.61. The molecule has 3 aliphatic rings. The zero-order valence-electron chi connectivity index (χ0n) is 14.0. The zero-order chi connectivity index (χ0) is 15.5. The molecule has 126 valence electrons. The van der Waals surface area contributed by atoms with E-state index < -0.39 is 0 Å². The molecule has 1 saturated carbocycles. The van der Waals surface area contributed by atoms with Gasteiger partial charge in [0, 0.05) is 37.4 Å². The smallest absolute Gasteiger partial charge is 0.0605 e. The summed E-state index contributed by atoms with van der Waals surface area (Å²) in [5.41, 5.74) is 2.77. The Labute approximate surface area is 139 Å². The summed E-state index contributed by atoms with van der Waals surface area (Å²) >= 11 is 0. The molecule has 0 amide bonds. The first-order chi connectivity index (χ1) is 11.4. The Hall–Kier alpha value is -0.970. The molecule has 1 atom stereocenters. The molecule has 0 spiro atoms. The van der Waals surface area contributed by atoms with Crippen LogP contribution in [0.1, 0.15) is 55.8 Å². The highest BCUT2D eigenvalue weighted by Gasteiger charge is 2.29. The molecular formula is C19H29N3O. The average molecular weight is 315 g/mol. The topological polar surface area (TPSA) is 37.4 Å². The number of hydrogen-bond acceptors (Lipinski definition) is 4. The van der Waals surface area contributed by atoms with Crippen LogP contribution < -0.4 is 5.32 Å². The maximum atomic E-state index is 5.48. The number of nitrogens with zero attached hydrogens (tertiary/aromatic N) is 2. The third kappa shape index (κ3) is 3.59. The maximum absolute atomic E-state index is 5.48. The van der Waals surface area contributed by atoms with Gasteiger partial charge in [0.1, 0.15) is 0 Å². The van der Waals surface area contributed by atoms with Crippen LogP contribution in [0.15, 0.2) is 18.3 Å². The average Bonchev–Trinajstić information content (AvgIpc) is 2.63. The summed E-state index contributed by atoms with van der Waals surface area (Å²) in [5.74, 6) is 0. The second kappa shape index (κ2) is 7.29. The van der Waals surface area contributed by atoms with E-state index in [-0.39, 0.29) is 0 Å². The van der Waals surface area contributed by atoms with Crippen molar-refractivity contribution in [2.45, 2.75) is 63.1 Å². The lowest BCUT2D eigenvalue weighted by molar-refractivity contribution is 0.00618. The molecule has 2 heterocycles. The van der Waals surface area contributed by atoms with E-state index in [1.165, 1.54) is 56.2 Å². The van der Waals surface area contributed by atoms with Gasteiger partial charge in [0.05, 0.1) is 18.9 Å². The van der Waals surface area contributed by atoms with Crippen molar-refractivity contribution in [3.05, 3.63) is 29.6 Å². The van der Waals surface area contributed by atoms with E-state index in [1.54, 1.807) is 0 Å². The molecule has 1 unspecified atom stereocenters. The van der Waals surface area contributed by atoms with E-state index in [0.29, 0.717) is 12.1 Å². The number of fused-ring (bicyclic) bond motifs is 1. The molecule has 4 heteroatoms. The van der Waals surface area contributed by atoms with E-state index in [0.717, 1.165) is 32.3 Å². The van der Waals surface area contributed by atoms with E-state index in [1.807, 2.05) is 6.20 Å². The van der Waals surface area contributed by atoms with Crippen LogP contribution in [-0.2, 0) is 11.2 Å². The van der Waals surface area contributed by atoms with Crippen molar-refractivity contribution in [2.24, 2.45) is 0 Å². The van der Waals surface area contributed by atoms with Crippen molar-refractivity contribution in [1.29, 1.82) is 0 Å². The second-order valence-corrected chi connectivity index (χ2v) is 7.31. The first-order valence-corrected chi connectivity index (χ1v) is 9.42. The molecule has 0 radical (unpaired) electrons. The minimum absolute atomic E-state index is 0.477. The van der Waals surface area contributed by atoms with Crippen LogP contribution >= 0.6 is 0 Å². The summed E-state index contributed by atoms with van der Waals surface area (Å²) in [5, 5.41) is 3.93. The van der Waals surface area contributed by atoms with Crippen LogP contribution in [0.25, 0.3) is 0 Å². The van der Waals surface area contributed by atoms with Crippen molar-refractivity contribution < 1.29 is 4.74 Å². The Kier molecular flexibility index (Phi) is 4.93. The molecule has 2 aliphatic carbocycles. The van der Waals surface area contributed by atoms with Crippen molar-refractivity contribution in [2.75, 3.05) is 26.3 Å². The lowest BCUT2D eigenvalue weighted by atomic mass is 9.87. The van der Waals surface area contributed by atoms with Crippen molar-refractivity contribution in [3.8, 4) is 0 Å². The molecular weight excluding hydrogens is 286 g/mol. The van der Waals surface area contributed by atoms with Gasteiger partial charge in [-0.3, -0.25) is 9.88 Å². The number of morpholine rings is 1. The lowest BCUT2D eigenvalue weighted by Gasteiger charge is -2.40.